The summed E-state index contributed by atoms with van der Waals surface area (Å²) in [4.78, 5) is 54.9. The van der Waals surface area contributed by atoms with E-state index in [1.54, 1.807) is 12.4 Å². The molecule has 0 aliphatic heterocycles. The van der Waals surface area contributed by atoms with Crippen LogP contribution in [0.2, 0.25) is 0 Å². The molecule has 0 bridgehead atoms. The molecule has 0 unspecified atom stereocenters. The molecule has 4 rings (SSSR count). The first kappa shape index (κ1) is 21.2. The van der Waals surface area contributed by atoms with Gasteiger partial charge in [-0.15, -0.1) is 0 Å². The van der Waals surface area contributed by atoms with E-state index in [9.17, 15) is 14.4 Å². The number of amides is 1. The van der Waals surface area contributed by atoms with Crippen molar-refractivity contribution < 1.29 is 23.9 Å². The Morgan fingerprint density at radius 1 is 0.871 bits per heavy atom. The first-order valence-corrected chi connectivity index (χ1v) is 8.71. The van der Waals surface area contributed by atoms with Crippen LogP contribution in [0.4, 0.5) is 11.4 Å². The first-order chi connectivity index (χ1) is 14.9. The topological polar surface area (TPSA) is 191 Å². The number of fused-ring (bicyclic) bond motifs is 2. The molecule has 13 nitrogen and oxygen atoms in total. The average molecular weight is 426 g/mol. The number of H-pyrrole nitrogens is 2. The van der Waals surface area contributed by atoms with E-state index in [1.807, 2.05) is 0 Å². The predicted molar refractivity (Wildman–Crippen MR) is 109 cm³/mol. The van der Waals surface area contributed by atoms with Crippen molar-refractivity contribution >= 4 is 51.3 Å². The molecule has 4 aromatic heterocycles. The molecule has 0 aliphatic rings. The lowest BCUT2D eigenvalue weighted by Gasteiger charge is -2.00. The van der Waals surface area contributed by atoms with Crippen molar-refractivity contribution in [3.05, 3.63) is 36.4 Å². The number of anilines is 2. The van der Waals surface area contributed by atoms with Gasteiger partial charge in [0.15, 0.2) is 11.4 Å². The lowest BCUT2D eigenvalue weighted by atomic mass is 10.3. The Labute approximate surface area is 174 Å². The van der Waals surface area contributed by atoms with Crippen LogP contribution in [0, 0.1) is 0 Å². The average Bonchev–Trinajstić information content (AvgIpc) is 3.36. The Kier molecular flexibility index (Phi) is 6.05. The molecule has 4 heterocycles. The summed E-state index contributed by atoms with van der Waals surface area (Å²) in [6, 6.07) is 0. The monoisotopic (exact) mass is 426 g/mol. The quantitative estimate of drug-likeness (QED) is 0.344. The van der Waals surface area contributed by atoms with E-state index in [2.05, 4.69) is 44.7 Å². The van der Waals surface area contributed by atoms with Gasteiger partial charge >= 0.3 is 11.9 Å². The number of carbonyl (C=O) groups is 3. The van der Waals surface area contributed by atoms with Crippen molar-refractivity contribution in [3.63, 3.8) is 0 Å². The van der Waals surface area contributed by atoms with E-state index < -0.39 is 11.9 Å². The molecule has 1 amide bonds. The second-order valence-corrected chi connectivity index (χ2v) is 6.00. The van der Waals surface area contributed by atoms with Gasteiger partial charge in [0.05, 0.1) is 25.6 Å². The summed E-state index contributed by atoms with van der Waals surface area (Å²) >= 11 is 0. The standard InChI is InChI=1S/C10H10N4O3.C8H8N4O2/c1-5(15)14-6-3-11-8-7(6)12-4-13-9(8)10(16)17-2;1-14-8(13)7-6-5(11-3-12-7)4(9)2-10-6/h3-4,11H,1-2H3,(H,14,15);2-3,10H,9H2,1H3. The van der Waals surface area contributed by atoms with Gasteiger partial charge in [-0.05, 0) is 0 Å². The largest absolute Gasteiger partial charge is 0.464 e. The summed E-state index contributed by atoms with van der Waals surface area (Å²) in [5, 5.41) is 2.60. The zero-order valence-corrected chi connectivity index (χ0v) is 16.7. The SMILES string of the molecule is COC(=O)c1ncnc2c(N)c[nH]c12.COC(=O)c1ncnc2c(NC(C)=O)c[nH]c12. The van der Waals surface area contributed by atoms with Crippen LogP contribution in [-0.4, -0.2) is 62.0 Å². The molecule has 4 aromatic rings. The van der Waals surface area contributed by atoms with Crippen molar-refractivity contribution in [1.29, 1.82) is 0 Å². The lowest BCUT2D eigenvalue weighted by Crippen LogP contribution is -2.07. The van der Waals surface area contributed by atoms with Crippen molar-refractivity contribution in [3.8, 4) is 0 Å². The number of hydrogen-bond donors (Lipinski definition) is 4. The van der Waals surface area contributed by atoms with E-state index in [1.165, 1.54) is 33.8 Å². The molecule has 0 fully saturated rings. The molecular formula is C18H18N8O5. The highest BCUT2D eigenvalue weighted by Crippen LogP contribution is 2.22. The maximum absolute atomic E-state index is 11.4. The third-order valence-electron chi connectivity index (χ3n) is 4.02. The van der Waals surface area contributed by atoms with E-state index >= 15 is 0 Å². The van der Waals surface area contributed by atoms with E-state index in [4.69, 9.17) is 5.73 Å². The smallest absolute Gasteiger partial charge is 0.358 e. The fourth-order valence-corrected chi connectivity index (χ4v) is 2.69. The van der Waals surface area contributed by atoms with Gasteiger partial charge in [-0.1, -0.05) is 0 Å². The Hall–Kier alpha value is -4.55. The van der Waals surface area contributed by atoms with Gasteiger partial charge in [0.2, 0.25) is 5.91 Å². The summed E-state index contributed by atoms with van der Waals surface area (Å²) in [6.45, 7) is 1.39. The molecule has 31 heavy (non-hydrogen) atoms. The fourth-order valence-electron chi connectivity index (χ4n) is 2.69. The molecule has 5 N–H and O–H groups in total. The summed E-state index contributed by atoms with van der Waals surface area (Å²) in [7, 11) is 2.57. The van der Waals surface area contributed by atoms with Crippen LogP contribution in [0.1, 0.15) is 27.9 Å². The normalized spacial score (nSPS) is 10.3. The third-order valence-corrected chi connectivity index (χ3v) is 4.02. The number of hydrogen-bond acceptors (Lipinski definition) is 10. The van der Waals surface area contributed by atoms with E-state index in [-0.39, 0.29) is 17.3 Å². The Morgan fingerprint density at radius 2 is 1.39 bits per heavy atom. The van der Waals surface area contributed by atoms with Crippen LogP contribution in [0.15, 0.2) is 25.0 Å². The molecule has 13 heteroatoms. The minimum absolute atomic E-state index is 0.133. The Morgan fingerprint density at radius 3 is 1.94 bits per heavy atom. The molecule has 0 atom stereocenters. The number of nitrogens with two attached hydrogens (primary N) is 1. The molecular weight excluding hydrogens is 408 g/mol. The van der Waals surface area contributed by atoms with Crippen molar-refractivity contribution in [2.75, 3.05) is 25.3 Å². The minimum Gasteiger partial charge on any atom is -0.464 e. The highest BCUT2D eigenvalue weighted by Gasteiger charge is 2.17. The van der Waals surface area contributed by atoms with Crippen LogP contribution in [0.25, 0.3) is 22.1 Å². The van der Waals surface area contributed by atoms with Crippen LogP contribution in [0.5, 0.6) is 0 Å². The van der Waals surface area contributed by atoms with Gasteiger partial charge in [0.1, 0.15) is 34.7 Å². The first-order valence-electron chi connectivity index (χ1n) is 8.71. The van der Waals surface area contributed by atoms with Crippen molar-refractivity contribution in [1.82, 2.24) is 29.9 Å². The number of esters is 2. The zero-order valence-electron chi connectivity index (χ0n) is 16.7. The van der Waals surface area contributed by atoms with Crippen LogP contribution in [-0.2, 0) is 14.3 Å². The van der Waals surface area contributed by atoms with Crippen molar-refractivity contribution in [2.45, 2.75) is 6.92 Å². The molecule has 0 spiro atoms. The van der Waals surface area contributed by atoms with Gasteiger partial charge in [0.25, 0.3) is 0 Å². The van der Waals surface area contributed by atoms with Gasteiger partial charge in [0, 0.05) is 19.3 Å². The maximum atomic E-state index is 11.4. The number of aromatic nitrogens is 6. The minimum atomic E-state index is -0.561. The third kappa shape index (κ3) is 4.24. The number of aromatic amines is 2. The molecule has 0 saturated heterocycles. The Bertz CT molecular complexity index is 1280. The number of nitrogens with zero attached hydrogens (tertiary/aromatic N) is 4. The van der Waals surface area contributed by atoms with Crippen molar-refractivity contribution in [2.24, 2.45) is 0 Å². The van der Waals surface area contributed by atoms with Crippen LogP contribution in [0.3, 0.4) is 0 Å². The van der Waals surface area contributed by atoms with Gasteiger partial charge in [-0.2, -0.15) is 0 Å². The van der Waals surface area contributed by atoms with Gasteiger partial charge < -0.3 is 30.5 Å². The molecule has 160 valence electrons. The predicted octanol–water partition coefficient (Wildman–Crippen LogP) is 1.03. The lowest BCUT2D eigenvalue weighted by molar-refractivity contribution is -0.114. The summed E-state index contributed by atoms with van der Waals surface area (Å²) < 4.78 is 9.16. The number of methoxy groups -OCH3 is 2. The summed E-state index contributed by atoms with van der Waals surface area (Å²) in [5.41, 5.74) is 8.84. The number of nitrogen functional groups attached to an aromatic ring is 1. The highest BCUT2D eigenvalue weighted by atomic mass is 16.5. The van der Waals surface area contributed by atoms with E-state index in [0.29, 0.717) is 33.4 Å². The molecule has 0 aliphatic carbocycles. The maximum Gasteiger partial charge on any atom is 0.358 e. The number of rotatable bonds is 3. The van der Waals surface area contributed by atoms with Crippen LogP contribution >= 0.6 is 0 Å². The Balaban J connectivity index is 0.000000179. The van der Waals surface area contributed by atoms with Gasteiger partial charge in [-0.3, -0.25) is 4.79 Å². The second kappa shape index (κ2) is 8.86. The van der Waals surface area contributed by atoms with Crippen LogP contribution < -0.4 is 11.1 Å². The van der Waals surface area contributed by atoms with E-state index in [0.717, 1.165) is 0 Å². The zero-order chi connectivity index (χ0) is 22.5. The number of nitrogens with one attached hydrogen (secondary N) is 3. The fraction of sp³-hybridized carbons (Fsp3) is 0.167. The van der Waals surface area contributed by atoms with Gasteiger partial charge in [-0.25, -0.2) is 29.5 Å². The highest BCUT2D eigenvalue weighted by molar-refractivity contribution is 6.06. The molecule has 0 radical (unpaired) electrons. The number of ether oxygens (including phenoxy) is 2. The second-order valence-electron chi connectivity index (χ2n) is 6.00. The molecule has 0 saturated carbocycles. The summed E-state index contributed by atoms with van der Waals surface area (Å²) in [5.74, 6) is -1.29. The number of carbonyl (C=O) groups excluding carboxylic acids is 3. The molecule has 0 aromatic carbocycles. The summed E-state index contributed by atoms with van der Waals surface area (Å²) in [6.07, 6.45) is 5.63.